The standard InChI is InChI=1S/C16H13BrN2O2/c1-11-3-2-4-12(9-11)16-19-18-15(21-16)10-20-14-7-5-13(17)6-8-14/h2-9H,10H2,1H3. The molecule has 1 heterocycles. The number of rotatable bonds is 4. The van der Waals surface area contributed by atoms with Crippen LogP contribution in [-0.2, 0) is 6.61 Å². The van der Waals surface area contributed by atoms with Crippen LogP contribution in [0.4, 0.5) is 0 Å². The minimum absolute atomic E-state index is 0.250. The normalized spacial score (nSPS) is 10.6. The fourth-order valence-electron chi connectivity index (χ4n) is 1.88. The molecule has 3 aromatic rings. The maximum Gasteiger partial charge on any atom is 0.254 e. The number of hydrogen-bond donors (Lipinski definition) is 0. The largest absolute Gasteiger partial charge is 0.484 e. The summed E-state index contributed by atoms with van der Waals surface area (Å²) in [6.45, 7) is 2.28. The monoisotopic (exact) mass is 344 g/mol. The Labute approximate surface area is 130 Å². The van der Waals surface area contributed by atoms with Crippen molar-refractivity contribution in [2.45, 2.75) is 13.5 Å². The molecule has 4 nitrogen and oxygen atoms in total. The fraction of sp³-hybridized carbons (Fsp3) is 0.125. The third-order valence-electron chi connectivity index (χ3n) is 2.91. The topological polar surface area (TPSA) is 48.2 Å². The third kappa shape index (κ3) is 3.49. The molecule has 0 saturated heterocycles. The van der Waals surface area contributed by atoms with E-state index in [0.717, 1.165) is 21.3 Å². The summed E-state index contributed by atoms with van der Waals surface area (Å²) < 4.78 is 12.2. The van der Waals surface area contributed by atoms with Crippen molar-refractivity contribution in [3.05, 3.63) is 64.5 Å². The van der Waals surface area contributed by atoms with Gasteiger partial charge in [0.2, 0.25) is 5.89 Å². The zero-order valence-electron chi connectivity index (χ0n) is 11.4. The number of halogens is 1. The number of hydrogen-bond acceptors (Lipinski definition) is 4. The summed E-state index contributed by atoms with van der Waals surface area (Å²) in [7, 11) is 0. The second-order valence-electron chi connectivity index (χ2n) is 4.61. The molecular weight excluding hydrogens is 332 g/mol. The Hall–Kier alpha value is -2.14. The van der Waals surface area contributed by atoms with Crippen molar-refractivity contribution in [1.29, 1.82) is 0 Å². The van der Waals surface area contributed by atoms with E-state index in [4.69, 9.17) is 9.15 Å². The van der Waals surface area contributed by atoms with Gasteiger partial charge in [0.05, 0.1) is 0 Å². The number of benzene rings is 2. The lowest BCUT2D eigenvalue weighted by Crippen LogP contribution is -1.95. The molecule has 0 saturated carbocycles. The van der Waals surface area contributed by atoms with Crippen LogP contribution in [0.5, 0.6) is 5.75 Å². The highest BCUT2D eigenvalue weighted by Crippen LogP contribution is 2.20. The molecule has 0 atom stereocenters. The second-order valence-corrected chi connectivity index (χ2v) is 5.53. The van der Waals surface area contributed by atoms with Gasteiger partial charge in [0.15, 0.2) is 6.61 Å². The zero-order valence-corrected chi connectivity index (χ0v) is 13.0. The highest BCUT2D eigenvalue weighted by molar-refractivity contribution is 9.10. The van der Waals surface area contributed by atoms with Crippen molar-refractivity contribution in [1.82, 2.24) is 10.2 Å². The van der Waals surface area contributed by atoms with Crippen LogP contribution in [0.15, 0.2) is 57.4 Å². The van der Waals surface area contributed by atoms with Gasteiger partial charge >= 0.3 is 0 Å². The molecular formula is C16H13BrN2O2. The van der Waals surface area contributed by atoms with Gasteiger partial charge in [-0.1, -0.05) is 33.6 Å². The first-order chi connectivity index (χ1) is 10.2. The third-order valence-corrected chi connectivity index (χ3v) is 3.44. The van der Waals surface area contributed by atoms with Crippen molar-refractivity contribution < 1.29 is 9.15 Å². The first kappa shape index (κ1) is 13.8. The van der Waals surface area contributed by atoms with Gasteiger partial charge in [-0.15, -0.1) is 10.2 Å². The lowest BCUT2D eigenvalue weighted by molar-refractivity contribution is 0.264. The van der Waals surface area contributed by atoms with E-state index >= 15 is 0 Å². The van der Waals surface area contributed by atoms with Gasteiger partial charge in [-0.05, 0) is 43.3 Å². The molecule has 1 aromatic heterocycles. The molecule has 0 aliphatic carbocycles. The summed E-state index contributed by atoms with van der Waals surface area (Å²) in [4.78, 5) is 0. The van der Waals surface area contributed by atoms with Crippen LogP contribution < -0.4 is 4.74 Å². The Balaban J connectivity index is 1.69. The molecule has 0 bridgehead atoms. The van der Waals surface area contributed by atoms with E-state index in [1.54, 1.807) is 0 Å². The minimum Gasteiger partial charge on any atom is -0.484 e. The molecule has 0 aliphatic rings. The molecule has 21 heavy (non-hydrogen) atoms. The average Bonchev–Trinajstić information content (AvgIpc) is 2.96. The molecule has 2 aromatic carbocycles. The van der Waals surface area contributed by atoms with Crippen LogP contribution >= 0.6 is 15.9 Å². The van der Waals surface area contributed by atoms with Crippen LogP contribution in [0.1, 0.15) is 11.5 Å². The number of ether oxygens (including phenoxy) is 1. The molecule has 0 unspecified atom stereocenters. The molecule has 0 aliphatic heterocycles. The van der Waals surface area contributed by atoms with Crippen LogP contribution in [0.3, 0.4) is 0 Å². The van der Waals surface area contributed by atoms with Gasteiger partial charge in [-0.3, -0.25) is 0 Å². The van der Waals surface area contributed by atoms with Gasteiger partial charge in [0.1, 0.15) is 5.75 Å². The first-order valence-corrected chi connectivity index (χ1v) is 7.28. The van der Waals surface area contributed by atoms with Crippen molar-refractivity contribution in [2.24, 2.45) is 0 Å². The van der Waals surface area contributed by atoms with E-state index in [-0.39, 0.29) is 6.61 Å². The number of aryl methyl sites for hydroxylation is 1. The Morgan fingerprint density at radius 1 is 1.10 bits per heavy atom. The van der Waals surface area contributed by atoms with Crippen molar-refractivity contribution in [3.8, 4) is 17.2 Å². The molecule has 0 N–H and O–H groups in total. The summed E-state index contributed by atoms with van der Waals surface area (Å²) in [5.41, 5.74) is 2.07. The van der Waals surface area contributed by atoms with E-state index in [2.05, 4.69) is 26.1 Å². The van der Waals surface area contributed by atoms with E-state index in [0.29, 0.717) is 11.8 Å². The number of nitrogens with zero attached hydrogens (tertiary/aromatic N) is 2. The maximum absolute atomic E-state index is 5.61. The Morgan fingerprint density at radius 3 is 2.67 bits per heavy atom. The summed E-state index contributed by atoms with van der Waals surface area (Å²) in [6.07, 6.45) is 0. The predicted octanol–water partition coefficient (Wildman–Crippen LogP) is 4.39. The van der Waals surface area contributed by atoms with Crippen LogP contribution in [0, 0.1) is 6.92 Å². The summed E-state index contributed by atoms with van der Waals surface area (Å²) in [5.74, 6) is 1.72. The minimum atomic E-state index is 0.250. The van der Waals surface area contributed by atoms with E-state index in [1.165, 1.54) is 0 Å². The van der Waals surface area contributed by atoms with Crippen LogP contribution in [0.25, 0.3) is 11.5 Å². The molecule has 0 radical (unpaired) electrons. The molecule has 0 amide bonds. The Bertz CT molecular complexity index is 738. The lowest BCUT2D eigenvalue weighted by Gasteiger charge is -2.02. The highest BCUT2D eigenvalue weighted by Gasteiger charge is 2.09. The van der Waals surface area contributed by atoms with Gasteiger partial charge in [-0.2, -0.15) is 0 Å². The highest BCUT2D eigenvalue weighted by atomic mass is 79.9. The fourth-order valence-corrected chi connectivity index (χ4v) is 2.15. The Kier molecular flexibility index (Phi) is 4.01. The summed E-state index contributed by atoms with van der Waals surface area (Å²) in [6, 6.07) is 15.5. The SMILES string of the molecule is Cc1cccc(-c2nnc(COc3ccc(Br)cc3)o2)c1. The summed E-state index contributed by atoms with van der Waals surface area (Å²) >= 11 is 3.38. The smallest absolute Gasteiger partial charge is 0.254 e. The average molecular weight is 345 g/mol. The van der Waals surface area contributed by atoms with Gasteiger partial charge in [0, 0.05) is 10.0 Å². The first-order valence-electron chi connectivity index (χ1n) is 6.48. The molecule has 5 heteroatoms. The van der Waals surface area contributed by atoms with Gasteiger partial charge in [0.25, 0.3) is 5.89 Å². The molecule has 3 rings (SSSR count). The quantitative estimate of drug-likeness (QED) is 0.704. The van der Waals surface area contributed by atoms with Gasteiger partial charge in [-0.25, -0.2) is 0 Å². The number of aromatic nitrogens is 2. The van der Waals surface area contributed by atoms with E-state index < -0.39 is 0 Å². The van der Waals surface area contributed by atoms with E-state index in [1.807, 2.05) is 55.5 Å². The summed E-state index contributed by atoms with van der Waals surface area (Å²) in [5, 5.41) is 8.05. The van der Waals surface area contributed by atoms with E-state index in [9.17, 15) is 0 Å². The zero-order chi connectivity index (χ0) is 14.7. The second kappa shape index (κ2) is 6.10. The van der Waals surface area contributed by atoms with Crippen molar-refractivity contribution >= 4 is 15.9 Å². The Morgan fingerprint density at radius 2 is 1.90 bits per heavy atom. The lowest BCUT2D eigenvalue weighted by atomic mass is 10.1. The maximum atomic E-state index is 5.61. The molecule has 106 valence electrons. The van der Waals surface area contributed by atoms with Crippen molar-refractivity contribution in [3.63, 3.8) is 0 Å². The molecule has 0 spiro atoms. The van der Waals surface area contributed by atoms with Crippen LogP contribution in [0.2, 0.25) is 0 Å². The van der Waals surface area contributed by atoms with Crippen molar-refractivity contribution in [2.75, 3.05) is 0 Å². The predicted molar refractivity (Wildman–Crippen MR) is 82.9 cm³/mol. The van der Waals surface area contributed by atoms with Gasteiger partial charge < -0.3 is 9.15 Å². The molecule has 0 fully saturated rings. The van der Waals surface area contributed by atoms with Crippen LogP contribution in [-0.4, -0.2) is 10.2 Å².